The van der Waals surface area contributed by atoms with Crippen LogP contribution in [0, 0.1) is 11.8 Å². The normalized spacial score (nSPS) is 12.1. The van der Waals surface area contributed by atoms with Gasteiger partial charge in [0.2, 0.25) is 0 Å². The minimum Gasteiger partial charge on any atom is -0.496 e. The number of hydrogen-bond donors (Lipinski definition) is 0. The molecule has 1 unspecified atom stereocenters. The summed E-state index contributed by atoms with van der Waals surface area (Å²) in [6.07, 6.45) is 0. The Balaban J connectivity index is 3.16. The molecule has 5 heteroatoms. The van der Waals surface area contributed by atoms with Crippen molar-refractivity contribution in [1.29, 1.82) is 0 Å². The highest BCUT2D eigenvalue weighted by Gasteiger charge is 2.33. The minimum atomic E-state index is -0.843. The lowest BCUT2D eigenvalue weighted by Crippen LogP contribution is -2.31. The zero-order valence-electron chi connectivity index (χ0n) is 12.1. The topological polar surface area (TPSA) is 52.6 Å². The number of ether oxygens (including phenoxy) is 2. The van der Waals surface area contributed by atoms with Gasteiger partial charge in [-0.2, -0.15) is 0 Å². The molecule has 0 N–H and O–H groups in total. The summed E-state index contributed by atoms with van der Waals surface area (Å²) in [5.41, 5.74) is 0.337. The number of carbonyl (C=O) groups excluding carboxylic acids is 2. The van der Waals surface area contributed by atoms with Gasteiger partial charge in [0.25, 0.3) is 0 Å². The minimum absolute atomic E-state index is 0.165. The number of hydrogen-bond acceptors (Lipinski definition) is 4. The first-order valence-electron chi connectivity index (χ1n) is 6.46. The Labute approximate surface area is 124 Å². The fraction of sp³-hybridized carbons (Fsp3) is 0.467. The van der Waals surface area contributed by atoms with Gasteiger partial charge in [-0.15, -0.1) is 0 Å². The molecule has 0 aliphatic rings. The van der Waals surface area contributed by atoms with Gasteiger partial charge in [-0.05, 0) is 31.0 Å². The molecule has 0 aromatic heterocycles. The molecule has 0 heterocycles. The monoisotopic (exact) mass is 298 g/mol. The van der Waals surface area contributed by atoms with Crippen molar-refractivity contribution in [2.45, 2.75) is 20.8 Å². The van der Waals surface area contributed by atoms with E-state index in [0.29, 0.717) is 16.3 Å². The molecule has 0 fully saturated rings. The first-order chi connectivity index (χ1) is 9.42. The molecular formula is C15H19ClO4. The second-order valence-corrected chi connectivity index (χ2v) is 5.12. The quantitative estimate of drug-likeness (QED) is 0.459. The molecule has 1 aromatic rings. The van der Waals surface area contributed by atoms with Crippen LogP contribution in [-0.4, -0.2) is 25.5 Å². The molecule has 0 saturated carbocycles. The number of carbonyl (C=O) groups is 2. The lowest BCUT2D eigenvalue weighted by molar-refractivity contribution is -0.147. The number of halogens is 1. The number of esters is 1. The van der Waals surface area contributed by atoms with Gasteiger partial charge in [0.1, 0.15) is 11.7 Å². The molecule has 0 bridgehead atoms. The second-order valence-electron chi connectivity index (χ2n) is 4.68. The van der Waals surface area contributed by atoms with Crippen molar-refractivity contribution in [2.75, 3.05) is 13.7 Å². The molecule has 0 aliphatic carbocycles. The van der Waals surface area contributed by atoms with Gasteiger partial charge in [0.05, 0.1) is 19.3 Å². The van der Waals surface area contributed by atoms with E-state index < -0.39 is 11.9 Å². The Hall–Kier alpha value is -1.55. The van der Waals surface area contributed by atoms with Crippen molar-refractivity contribution in [3.8, 4) is 5.75 Å². The molecule has 0 aliphatic heterocycles. The van der Waals surface area contributed by atoms with Gasteiger partial charge in [0, 0.05) is 5.02 Å². The van der Waals surface area contributed by atoms with E-state index in [2.05, 4.69) is 0 Å². The van der Waals surface area contributed by atoms with Crippen molar-refractivity contribution in [3.63, 3.8) is 0 Å². The predicted octanol–water partition coefficient (Wildman–Crippen LogP) is 3.37. The Kier molecular flexibility index (Phi) is 6.02. The highest BCUT2D eigenvalue weighted by atomic mass is 35.5. The van der Waals surface area contributed by atoms with Crippen LogP contribution < -0.4 is 4.74 Å². The van der Waals surface area contributed by atoms with Gasteiger partial charge < -0.3 is 9.47 Å². The number of ketones is 1. The summed E-state index contributed by atoms with van der Waals surface area (Å²) in [5, 5.41) is 0.468. The standard InChI is InChI=1S/C15H19ClO4/c1-5-20-15(18)13(9(2)3)14(17)11-7-6-10(16)8-12(11)19-4/h6-9,13H,5H2,1-4H3. The summed E-state index contributed by atoms with van der Waals surface area (Å²) < 4.78 is 10.1. The number of rotatable bonds is 6. The fourth-order valence-corrected chi connectivity index (χ4v) is 2.11. The third-order valence-corrected chi connectivity index (χ3v) is 3.15. The molecule has 4 nitrogen and oxygen atoms in total. The molecule has 1 rings (SSSR count). The van der Waals surface area contributed by atoms with Crippen LogP contribution in [0.2, 0.25) is 5.02 Å². The summed E-state index contributed by atoms with van der Waals surface area (Å²) in [5.74, 6) is -1.47. The van der Waals surface area contributed by atoms with E-state index in [1.54, 1.807) is 25.1 Å². The van der Waals surface area contributed by atoms with Crippen molar-refractivity contribution in [3.05, 3.63) is 28.8 Å². The average Bonchev–Trinajstić information content (AvgIpc) is 2.38. The van der Waals surface area contributed by atoms with Gasteiger partial charge in [0.15, 0.2) is 5.78 Å². The smallest absolute Gasteiger partial charge is 0.317 e. The Morgan fingerprint density at radius 1 is 1.30 bits per heavy atom. The van der Waals surface area contributed by atoms with E-state index in [1.165, 1.54) is 7.11 Å². The van der Waals surface area contributed by atoms with Crippen molar-refractivity contribution >= 4 is 23.4 Å². The zero-order chi connectivity index (χ0) is 15.3. The first-order valence-corrected chi connectivity index (χ1v) is 6.84. The van der Waals surface area contributed by atoms with Gasteiger partial charge in [-0.25, -0.2) is 0 Å². The summed E-state index contributed by atoms with van der Waals surface area (Å²) in [6, 6.07) is 4.72. The SMILES string of the molecule is CCOC(=O)C(C(=O)c1ccc(Cl)cc1OC)C(C)C. The fourth-order valence-electron chi connectivity index (χ4n) is 1.95. The highest BCUT2D eigenvalue weighted by molar-refractivity contribution is 6.31. The van der Waals surface area contributed by atoms with Crippen molar-refractivity contribution in [2.24, 2.45) is 11.8 Å². The van der Waals surface area contributed by atoms with Crippen LogP contribution in [0.3, 0.4) is 0 Å². The molecule has 1 aromatic carbocycles. The third-order valence-electron chi connectivity index (χ3n) is 2.92. The van der Waals surface area contributed by atoms with E-state index in [0.717, 1.165) is 0 Å². The maximum Gasteiger partial charge on any atom is 0.317 e. The lowest BCUT2D eigenvalue weighted by atomic mass is 9.87. The highest BCUT2D eigenvalue weighted by Crippen LogP contribution is 2.28. The molecular weight excluding hydrogens is 280 g/mol. The largest absolute Gasteiger partial charge is 0.496 e. The first kappa shape index (κ1) is 16.5. The zero-order valence-corrected chi connectivity index (χ0v) is 12.9. The lowest BCUT2D eigenvalue weighted by Gasteiger charge is -2.19. The van der Waals surface area contributed by atoms with E-state index in [9.17, 15) is 9.59 Å². The van der Waals surface area contributed by atoms with Crippen molar-refractivity contribution in [1.82, 2.24) is 0 Å². The molecule has 0 saturated heterocycles. The Bertz CT molecular complexity index is 497. The number of Topliss-reactive ketones (excluding diaryl/α,β-unsaturated/α-hetero) is 1. The summed E-state index contributed by atoms with van der Waals surface area (Å²) in [7, 11) is 1.46. The molecule has 110 valence electrons. The van der Waals surface area contributed by atoms with Gasteiger partial charge in [-0.1, -0.05) is 25.4 Å². The summed E-state index contributed by atoms with van der Waals surface area (Å²) in [6.45, 7) is 5.57. The van der Waals surface area contributed by atoms with Crippen LogP contribution in [-0.2, 0) is 9.53 Å². The van der Waals surface area contributed by atoms with Crippen LogP contribution in [0.25, 0.3) is 0 Å². The van der Waals surface area contributed by atoms with Crippen LogP contribution in [0.15, 0.2) is 18.2 Å². The second kappa shape index (κ2) is 7.29. The Morgan fingerprint density at radius 3 is 2.45 bits per heavy atom. The van der Waals surface area contributed by atoms with Crippen LogP contribution in [0.5, 0.6) is 5.75 Å². The van der Waals surface area contributed by atoms with Crippen molar-refractivity contribution < 1.29 is 19.1 Å². The van der Waals surface area contributed by atoms with Crippen LogP contribution in [0.4, 0.5) is 0 Å². The molecule has 0 amide bonds. The average molecular weight is 299 g/mol. The molecule has 0 spiro atoms. The van der Waals surface area contributed by atoms with Crippen LogP contribution >= 0.6 is 11.6 Å². The molecule has 0 radical (unpaired) electrons. The van der Waals surface area contributed by atoms with Gasteiger partial charge in [-0.3, -0.25) is 9.59 Å². The third kappa shape index (κ3) is 3.73. The predicted molar refractivity (Wildman–Crippen MR) is 77.3 cm³/mol. The van der Waals surface area contributed by atoms with E-state index in [1.807, 2.05) is 13.8 Å². The molecule has 1 atom stereocenters. The maximum absolute atomic E-state index is 12.6. The number of benzene rings is 1. The summed E-state index contributed by atoms with van der Waals surface area (Å²) >= 11 is 5.87. The summed E-state index contributed by atoms with van der Waals surface area (Å²) in [4.78, 5) is 24.5. The Morgan fingerprint density at radius 2 is 1.95 bits per heavy atom. The van der Waals surface area contributed by atoms with E-state index in [4.69, 9.17) is 21.1 Å². The van der Waals surface area contributed by atoms with Gasteiger partial charge >= 0.3 is 5.97 Å². The maximum atomic E-state index is 12.6. The van der Waals surface area contributed by atoms with E-state index in [-0.39, 0.29) is 18.3 Å². The van der Waals surface area contributed by atoms with E-state index >= 15 is 0 Å². The molecule has 20 heavy (non-hydrogen) atoms. The number of methoxy groups -OCH3 is 1. The van der Waals surface area contributed by atoms with Crippen LogP contribution in [0.1, 0.15) is 31.1 Å².